The van der Waals surface area contributed by atoms with Gasteiger partial charge in [0, 0.05) is 30.9 Å². The molecule has 0 radical (unpaired) electrons. The van der Waals surface area contributed by atoms with Crippen LogP contribution in [-0.4, -0.2) is 28.4 Å². The minimum absolute atomic E-state index is 0.0832. The molecule has 0 spiro atoms. The fourth-order valence-corrected chi connectivity index (χ4v) is 1.96. The van der Waals surface area contributed by atoms with Crippen LogP contribution in [0, 0.1) is 0 Å². The molecule has 0 aliphatic rings. The lowest BCUT2D eigenvalue weighted by molar-refractivity contribution is 0.0685. The Morgan fingerprint density at radius 1 is 1.47 bits per heavy atom. The molecule has 0 saturated heterocycles. The van der Waals surface area contributed by atoms with Crippen LogP contribution in [0.4, 0.5) is 0 Å². The third-order valence-corrected chi connectivity index (χ3v) is 3.41. The van der Waals surface area contributed by atoms with Crippen LogP contribution in [0.2, 0.25) is 0 Å². The van der Waals surface area contributed by atoms with Gasteiger partial charge in [-0.2, -0.15) is 0 Å². The SMILES string of the molecule is CCCCN(C(=O)c1ccnc(CN)c1)C(C)CC. The highest BCUT2D eigenvalue weighted by atomic mass is 16.2. The van der Waals surface area contributed by atoms with E-state index in [2.05, 4.69) is 25.8 Å². The molecule has 19 heavy (non-hydrogen) atoms. The van der Waals surface area contributed by atoms with E-state index in [1.807, 2.05) is 4.90 Å². The molecule has 1 amide bonds. The zero-order chi connectivity index (χ0) is 14.3. The second-order valence-electron chi connectivity index (χ2n) is 4.85. The van der Waals surface area contributed by atoms with Crippen molar-refractivity contribution >= 4 is 5.91 Å². The molecule has 1 heterocycles. The van der Waals surface area contributed by atoms with Crippen LogP contribution < -0.4 is 5.73 Å². The van der Waals surface area contributed by atoms with E-state index < -0.39 is 0 Å². The number of nitrogens with zero attached hydrogens (tertiary/aromatic N) is 2. The molecule has 4 nitrogen and oxygen atoms in total. The zero-order valence-corrected chi connectivity index (χ0v) is 12.2. The summed E-state index contributed by atoms with van der Waals surface area (Å²) < 4.78 is 0. The van der Waals surface area contributed by atoms with Crippen molar-refractivity contribution in [3.63, 3.8) is 0 Å². The summed E-state index contributed by atoms with van der Waals surface area (Å²) in [6, 6.07) is 3.82. The van der Waals surface area contributed by atoms with E-state index in [1.54, 1.807) is 18.3 Å². The van der Waals surface area contributed by atoms with Crippen LogP contribution in [0.5, 0.6) is 0 Å². The average molecular weight is 263 g/mol. The van der Waals surface area contributed by atoms with Crippen molar-refractivity contribution in [1.82, 2.24) is 9.88 Å². The first-order valence-corrected chi connectivity index (χ1v) is 7.09. The number of carbonyl (C=O) groups excluding carboxylic acids is 1. The Labute approximate surface area is 116 Å². The summed E-state index contributed by atoms with van der Waals surface area (Å²) in [5.74, 6) is 0.0832. The molecule has 0 aromatic carbocycles. The molecule has 0 fully saturated rings. The summed E-state index contributed by atoms with van der Waals surface area (Å²) in [6.45, 7) is 7.51. The third-order valence-electron chi connectivity index (χ3n) is 3.41. The second kappa shape index (κ2) is 7.89. The smallest absolute Gasteiger partial charge is 0.254 e. The zero-order valence-electron chi connectivity index (χ0n) is 12.2. The van der Waals surface area contributed by atoms with E-state index in [0.717, 1.165) is 31.5 Å². The van der Waals surface area contributed by atoms with Gasteiger partial charge in [0.25, 0.3) is 5.91 Å². The van der Waals surface area contributed by atoms with Crippen LogP contribution in [0.1, 0.15) is 56.1 Å². The molecule has 4 heteroatoms. The van der Waals surface area contributed by atoms with Gasteiger partial charge in [-0.15, -0.1) is 0 Å². The Hall–Kier alpha value is -1.42. The van der Waals surface area contributed by atoms with Gasteiger partial charge >= 0.3 is 0 Å². The van der Waals surface area contributed by atoms with Crippen molar-refractivity contribution in [1.29, 1.82) is 0 Å². The quantitative estimate of drug-likeness (QED) is 0.822. The number of amides is 1. The standard InChI is InChI=1S/C15H25N3O/c1-4-6-9-18(12(3)5-2)15(19)13-7-8-17-14(10-13)11-16/h7-8,10,12H,4-6,9,11,16H2,1-3H3. The summed E-state index contributed by atoms with van der Waals surface area (Å²) in [5, 5.41) is 0. The predicted octanol–water partition coefficient (Wildman–Crippen LogP) is 2.58. The highest BCUT2D eigenvalue weighted by Gasteiger charge is 2.20. The number of nitrogens with two attached hydrogens (primary N) is 1. The summed E-state index contributed by atoms with van der Waals surface area (Å²) in [7, 11) is 0. The maximum absolute atomic E-state index is 12.6. The average Bonchev–Trinajstić information content (AvgIpc) is 2.47. The number of hydrogen-bond donors (Lipinski definition) is 1. The first-order chi connectivity index (χ1) is 9.13. The maximum atomic E-state index is 12.6. The highest BCUT2D eigenvalue weighted by molar-refractivity contribution is 5.94. The van der Waals surface area contributed by atoms with Gasteiger partial charge < -0.3 is 10.6 Å². The third kappa shape index (κ3) is 4.31. The van der Waals surface area contributed by atoms with Crippen molar-refractivity contribution in [3.05, 3.63) is 29.6 Å². The van der Waals surface area contributed by atoms with Gasteiger partial charge in [0.05, 0.1) is 5.69 Å². The summed E-state index contributed by atoms with van der Waals surface area (Å²) >= 11 is 0. The minimum atomic E-state index is 0.0832. The molecule has 1 rings (SSSR count). The van der Waals surface area contributed by atoms with Crippen LogP contribution >= 0.6 is 0 Å². The number of unbranched alkanes of at least 4 members (excludes halogenated alkanes) is 1. The van der Waals surface area contributed by atoms with Gasteiger partial charge in [-0.1, -0.05) is 20.3 Å². The van der Waals surface area contributed by atoms with Gasteiger partial charge in [-0.25, -0.2) is 0 Å². The van der Waals surface area contributed by atoms with Gasteiger partial charge in [0.15, 0.2) is 0 Å². The first-order valence-electron chi connectivity index (χ1n) is 7.09. The Morgan fingerprint density at radius 2 is 2.21 bits per heavy atom. The first kappa shape index (κ1) is 15.6. The van der Waals surface area contributed by atoms with Crippen molar-refractivity contribution in [3.8, 4) is 0 Å². The Morgan fingerprint density at radius 3 is 2.79 bits per heavy atom. The Balaban J connectivity index is 2.90. The normalized spacial score (nSPS) is 12.2. The van der Waals surface area contributed by atoms with Gasteiger partial charge in [-0.3, -0.25) is 9.78 Å². The number of rotatable bonds is 7. The fraction of sp³-hybridized carbons (Fsp3) is 0.600. The topological polar surface area (TPSA) is 59.2 Å². The maximum Gasteiger partial charge on any atom is 0.254 e. The molecule has 1 unspecified atom stereocenters. The van der Waals surface area contributed by atoms with Crippen LogP contribution in [0.25, 0.3) is 0 Å². The molecule has 106 valence electrons. The molecule has 1 aromatic heterocycles. The molecule has 0 aliphatic heterocycles. The molecule has 1 atom stereocenters. The molecule has 0 bridgehead atoms. The number of hydrogen-bond acceptors (Lipinski definition) is 3. The van der Waals surface area contributed by atoms with Crippen molar-refractivity contribution in [2.24, 2.45) is 5.73 Å². The minimum Gasteiger partial charge on any atom is -0.336 e. The summed E-state index contributed by atoms with van der Waals surface area (Å²) in [5.41, 5.74) is 7.02. The predicted molar refractivity (Wildman–Crippen MR) is 77.8 cm³/mol. The lowest BCUT2D eigenvalue weighted by Gasteiger charge is -2.28. The van der Waals surface area contributed by atoms with E-state index >= 15 is 0 Å². The monoisotopic (exact) mass is 263 g/mol. The lowest BCUT2D eigenvalue weighted by Crippen LogP contribution is -2.39. The molecule has 0 aliphatic carbocycles. The largest absolute Gasteiger partial charge is 0.336 e. The Bertz CT molecular complexity index is 406. The van der Waals surface area contributed by atoms with E-state index in [-0.39, 0.29) is 11.9 Å². The van der Waals surface area contributed by atoms with Gasteiger partial charge in [-0.05, 0) is 31.9 Å². The van der Waals surface area contributed by atoms with Crippen molar-refractivity contribution in [2.45, 2.75) is 52.6 Å². The van der Waals surface area contributed by atoms with Crippen LogP contribution in [0.3, 0.4) is 0 Å². The van der Waals surface area contributed by atoms with Crippen LogP contribution in [0.15, 0.2) is 18.3 Å². The number of carbonyl (C=O) groups is 1. The van der Waals surface area contributed by atoms with Gasteiger partial charge in [0.1, 0.15) is 0 Å². The van der Waals surface area contributed by atoms with E-state index in [1.165, 1.54) is 0 Å². The summed E-state index contributed by atoms with van der Waals surface area (Å²) in [6.07, 6.45) is 4.74. The number of aromatic nitrogens is 1. The molecule has 0 saturated carbocycles. The fourth-order valence-electron chi connectivity index (χ4n) is 1.96. The molecular formula is C15H25N3O. The van der Waals surface area contributed by atoms with E-state index in [4.69, 9.17) is 5.73 Å². The molecule has 2 N–H and O–H groups in total. The highest BCUT2D eigenvalue weighted by Crippen LogP contribution is 2.12. The van der Waals surface area contributed by atoms with Crippen molar-refractivity contribution in [2.75, 3.05) is 6.54 Å². The molecular weight excluding hydrogens is 238 g/mol. The second-order valence-corrected chi connectivity index (χ2v) is 4.85. The van der Waals surface area contributed by atoms with Crippen molar-refractivity contribution < 1.29 is 4.79 Å². The van der Waals surface area contributed by atoms with Crippen LogP contribution in [-0.2, 0) is 6.54 Å². The van der Waals surface area contributed by atoms with E-state index in [0.29, 0.717) is 12.1 Å². The Kier molecular flexibility index (Phi) is 6.50. The van der Waals surface area contributed by atoms with Gasteiger partial charge in [0.2, 0.25) is 0 Å². The molecule has 1 aromatic rings. The van der Waals surface area contributed by atoms with E-state index in [9.17, 15) is 4.79 Å². The summed E-state index contributed by atoms with van der Waals surface area (Å²) in [4.78, 5) is 18.7. The number of pyridine rings is 1. The lowest BCUT2D eigenvalue weighted by atomic mass is 10.1.